The van der Waals surface area contributed by atoms with Crippen LogP contribution in [0.5, 0.6) is 5.75 Å². The SMILES string of the molecule is C#CCn1c(=NC(=O)c2cc(Cl)ccc2Cl)sc2cc(OC)ccc21. The minimum absolute atomic E-state index is 0.247. The highest BCUT2D eigenvalue weighted by Crippen LogP contribution is 2.24. The van der Waals surface area contributed by atoms with E-state index in [0.29, 0.717) is 21.4 Å². The number of rotatable bonds is 3. The zero-order valence-electron chi connectivity index (χ0n) is 13.1. The van der Waals surface area contributed by atoms with Crippen LogP contribution in [0.15, 0.2) is 41.4 Å². The van der Waals surface area contributed by atoms with Crippen LogP contribution in [-0.2, 0) is 6.54 Å². The number of fused-ring (bicyclic) bond motifs is 1. The summed E-state index contributed by atoms with van der Waals surface area (Å²) >= 11 is 13.4. The van der Waals surface area contributed by atoms with Gasteiger partial charge in [-0.15, -0.1) is 6.42 Å². The number of benzene rings is 2. The Morgan fingerprint density at radius 2 is 2.12 bits per heavy atom. The number of hydrogen-bond donors (Lipinski definition) is 0. The molecule has 1 heterocycles. The number of terminal acetylenes is 1. The van der Waals surface area contributed by atoms with Crippen molar-refractivity contribution in [2.24, 2.45) is 4.99 Å². The summed E-state index contributed by atoms with van der Waals surface area (Å²) in [4.78, 5) is 17.2. The van der Waals surface area contributed by atoms with E-state index in [-0.39, 0.29) is 5.56 Å². The molecule has 1 aromatic heterocycles. The Morgan fingerprint density at radius 3 is 2.84 bits per heavy atom. The van der Waals surface area contributed by atoms with Gasteiger partial charge in [0.15, 0.2) is 4.80 Å². The summed E-state index contributed by atoms with van der Waals surface area (Å²) in [5.41, 5.74) is 1.13. The van der Waals surface area contributed by atoms with Crippen molar-refractivity contribution in [1.82, 2.24) is 4.57 Å². The summed E-state index contributed by atoms with van der Waals surface area (Å²) in [7, 11) is 1.60. The average Bonchev–Trinajstić information content (AvgIpc) is 2.93. The minimum Gasteiger partial charge on any atom is -0.497 e. The highest BCUT2D eigenvalue weighted by atomic mass is 35.5. The van der Waals surface area contributed by atoms with Crippen LogP contribution in [0, 0.1) is 12.3 Å². The molecular formula is C18H12Cl2N2O2S. The second kappa shape index (κ2) is 7.32. The first-order valence-electron chi connectivity index (χ1n) is 7.18. The van der Waals surface area contributed by atoms with Crippen molar-refractivity contribution in [1.29, 1.82) is 0 Å². The van der Waals surface area contributed by atoms with Gasteiger partial charge in [0.1, 0.15) is 5.75 Å². The number of carbonyl (C=O) groups is 1. The molecule has 0 aliphatic heterocycles. The standard InChI is InChI=1S/C18H12Cl2N2O2S/c1-3-8-22-15-7-5-12(24-2)10-16(15)25-18(22)21-17(23)13-9-11(19)4-6-14(13)20/h1,4-7,9-10H,8H2,2H3. The van der Waals surface area contributed by atoms with E-state index in [1.807, 2.05) is 18.2 Å². The van der Waals surface area contributed by atoms with Crippen molar-refractivity contribution < 1.29 is 9.53 Å². The molecular weight excluding hydrogens is 379 g/mol. The van der Waals surface area contributed by atoms with Crippen LogP contribution in [0.3, 0.4) is 0 Å². The van der Waals surface area contributed by atoms with Gasteiger partial charge < -0.3 is 9.30 Å². The third-order valence-corrected chi connectivity index (χ3v) is 5.10. The third-order valence-electron chi connectivity index (χ3n) is 3.50. The normalized spacial score (nSPS) is 11.5. The molecule has 4 nitrogen and oxygen atoms in total. The fourth-order valence-corrected chi connectivity index (χ4v) is 3.75. The van der Waals surface area contributed by atoms with E-state index in [2.05, 4.69) is 10.9 Å². The molecule has 3 aromatic rings. The first-order valence-corrected chi connectivity index (χ1v) is 8.75. The first-order chi connectivity index (χ1) is 12.0. The number of hydrogen-bond acceptors (Lipinski definition) is 3. The van der Waals surface area contributed by atoms with E-state index in [1.54, 1.807) is 23.8 Å². The Hall–Kier alpha value is -2.26. The topological polar surface area (TPSA) is 43.6 Å². The molecule has 0 aliphatic carbocycles. The van der Waals surface area contributed by atoms with E-state index in [1.165, 1.54) is 17.4 Å². The number of ether oxygens (including phenoxy) is 1. The molecule has 25 heavy (non-hydrogen) atoms. The lowest BCUT2D eigenvalue weighted by Crippen LogP contribution is -2.16. The molecule has 0 aliphatic rings. The number of carbonyl (C=O) groups excluding carboxylic acids is 1. The summed E-state index contributed by atoms with van der Waals surface area (Å²) < 4.78 is 7.95. The van der Waals surface area contributed by atoms with Crippen LogP contribution in [0.1, 0.15) is 10.4 Å². The maximum atomic E-state index is 12.6. The smallest absolute Gasteiger partial charge is 0.281 e. The van der Waals surface area contributed by atoms with Crippen LogP contribution in [0.4, 0.5) is 0 Å². The molecule has 0 bridgehead atoms. The van der Waals surface area contributed by atoms with E-state index >= 15 is 0 Å². The summed E-state index contributed by atoms with van der Waals surface area (Å²) in [6, 6.07) is 10.3. The van der Waals surface area contributed by atoms with Gasteiger partial charge in [-0.25, -0.2) is 0 Å². The van der Waals surface area contributed by atoms with Crippen LogP contribution in [0.2, 0.25) is 10.0 Å². The van der Waals surface area contributed by atoms with Crippen molar-refractivity contribution in [2.75, 3.05) is 7.11 Å². The lowest BCUT2D eigenvalue weighted by Gasteiger charge is -2.02. The number of nitrogens with zero attached hydrogens (tertiary/aromatic N) is 2. The minimum atomic E-state index is -0.475. The molecule has 3 rings (SSSR count). The second-order valence-electron chi connectivity index (χ2n) is 5.05. The average molecular weight is 391 g/mol. The summed E-state index contributed by atoms with van der Waals surface area (Å²) in [6.07, 6.45) is 5.47. The van der Waals surface area contributed by atoms with Crippen molar-refractivity contribution in [2.45, 2.75) is 6.54 Å². The second-order valence-corrected chi connectivity index (χ2v) is 6.90. The molecule has 1 amide bonds. The first kappa shape index (κ1) is 17.6. The fourth-order valence-electron chi connectivity index (χ4n) is 2.32. The van der Waals surface area contributed by atoms with Crippen LogP contribution in [0.25, 0.3) is 10.2 Å². The van der Waals surface area contributed by atoms with Gasteiger partial charge in [0.05, 0.1) is 34.5 Å². The Bertz CT molecular complexity index is 1080. The molecule has 0 N–H and O–H groups in total. The molecule has 0 atom stereocenters. The Labute approximate surface area is 158 Å². The predicted octanol–water partition coefficient (Wildman–Crippen LogP) is 4.39. The Balaban J connectivity index is 2.18. The molecule has 2 aromatic carbocycles. The number of methoxy groups -OCH3 is 1. The lowest BCUT2D eigenvalue weighted by atomic mass is 10.2. The number of halogens is 2. The molecule has 0 saturated heterocycles. The number of aromatic nitrogens is 1. The van der Waals surface area contributed by atoms with Crippen LogP contribution >= 0.6 is 34.5 Å². The zero-order valence-corrected chi connectivity index (χ0v) is 15.5. The summed E-state index contributed by atoms with van der Waals surface area (Å²) in [5, 5.41) is 0.713. The van der Waals surface area contributed by atoms with Crippen LogP contribution < -0.4 is 9.54 Å². The van der Waals surface area contributed by atoms with Crippen molar-refractivity contribution >= 4 is 50.7 Å². The molecule has 0 fully saturated rings. The lowest BCUT2D eigenvalue weighted by molar-refractivity contribution is 0.0998. The van der Waals surface area contributed by atoms with Crippen molar-refractivity contribution in [3.8, 4) is 18.1 Å². The molecule has 0 radical (unpaired) electrons. The van der Waals surface area contributed by atoms with Crippen molar-refractivity contribution in [3.63, 3.8) is 0 Å². The van der Waals surface area contributed by atoms with E-state index in [9.17, 15) is 4.79 Å². The Kier molecular flexibility index (Phi) is 5.14. The van der Waals surface area contributed by atoms with E-state index in [4.69, 9.17) is 34.4 Å². The van der Waals surface area contributed by atoms with Crippen LogP contribution in [-0.4, -0.2) is 17.6 Å². The van der Waals surface area contributed by atoms with Gasteiger partial charge in [-0.3, -0.25) is 4.79 Å². The molecule has 7 heteroatoms. The number of amides is 1. The maximum Gasteiger partial charge on any atom is 0.281 e. The third kappa shape index (κ3) is 3.57. The van der Waals surface area contributed by atoms with E-state index < -0.39 is 5.91 Å². The highest BCUT2D eigenvalue weighted by molar-refractivity contribution is 7.16. The molecule has 126 valence electrons. The predicted molar refractivity (Wildman–Crippen MR) is 102 cm³/mol. The van der Waals surface area contributed by atoms with Gasteiger partial charge in [-0.2, -0.15) is 4.99 Å². The quantitative estimate of drug-likeness (QED) is 0.622. The monoisotopic (exact) mass is 390 g/mol. The fraction of sp³-hybridized carbons (Fsp3) is 0.111. The maximum absolute atomic E-state index is 12.6. The summed E-state index contributed by atoms with van der Waals surface area (Å²) in [6.45, 7) is 0.293. The Morgan fingerprint density at radius 1 is 1.32 bits per heavy atom. The van der Waals surface area contributed by atoms with Gasteiger partial charge in [0.2, 0.25) is 0 Å². The van der Waals surface area contributed by atoms with Gasteiger partial charge in [0.25, 0.3) is 5.91 Å². The van der Waals surface area contributed by atoms with Gasteiger partial charge in [0, 0.05) is 5.02 Å². The van der Waals surface area contributed by atoms with Gasteiger partial charge >= 0.3 is 0 Å². The van der Waals surface area contributed by atoms with Gasteiger partial charge in [-0.1, -0.05) is 40.5 Å². The molecule has 0 saturated carbocycles. The largest absolute Gasteiger partial charge is 0.497 e. The molecule has 0 spiro atoms. The summed E-state index contributed by atoms with van der Waals surface area (Å²) in [5.74, 6) is 2.83. The zero-order chi connectivity index (χ0) is 18.0. The highest BCUT2D eigenvalue weighted by Gasteiger charge is 2.12. The van der Waals surface area contributed by atoms with Crippen molar-refractivity contribution in [3.05, 3.63) is 56.8 Å². The number of thiazole rings is 1. The van der Waals surface area contributed by atoms with Gasteiger partial charge in [-0.05, 0) is 36.4 Å². The van der Waals surface area contributed by atoms with E-state index in [0.717, 1.165) is 16.0 Å². The molecule has 0 unspecified atom stereocenters.